The Kier molecular flexibility index (Phi) is 12.5. The molecule has 0 fully saturated rings. The largest absolute Gasteiger partial charge is 3.00 e. The molecular weight excluding hydrogens is 991 g/mol. The fourth-order valence-corrected chi connectivity index (χ4v) is 8.74. The van der Waals surface area contributed by atoms with E-state index in [0.717, 1.165) is 112 Å². The summed E-state index contributed by atoms with van der Waals surface area (Å²) in [5.74, 6) is 0. The van der Waals surface area contributed by atoms with Crippen molar-refractivity contribution in [2.24, 2.45) is 0 Å². The zero-order valence-electron chi connectivity index (χ0n) is 36.3. The van der Waals surface area contributed by atoms with Crippen molar-refractivity contribution in [2.45, 2.75) is 0 Å². The standard InChI is InChI=1S/C63H40N3.Ir/c1-2-14-44(15-3-1)51-36-39-66-63(43-51)50-34-28-47(29-35-50)57-18-6-9-21-60(57)54-41-52(58-19-7-4-16-55(58)45-24-30-48(31-25-45)61-22-10-12-37-64-61)40-53(42-54)59-20-8-5-17-56(59)46-26-32-49(33-27-46)62-23-11-13-38-65-62;/h1-30,32,34,36-43H;/q-3;+3. The first kappa shape index (κ1) is 42.8. The minimum atomic E-state index is 0. The molecule has 0 amide bonds. The van der Waals surface area contributed by atoms with Gasteiger partial charge in [-0.05, 0) is 98.0 Å². The summed E-state index contributed by atoms with van der Waals surface area (Å²) >= 11 is 0. The van der Waals surface area contributed by atoms with E-state index in [9.17, 15) is 0 Å². The third-order valence-electron chi connectivity index (χ3n) is 12.0. The van der Waals surface area contributed by atoms with Gasteiger partial charge in [0.15, 0.2) is 0 Å². The van der Waals surface area contributed by atoms with Gasteiger partial charge < -0.3 is 15.0 Å². The van der Waals surface area contributed by atoms with Crippen LogP contribution in [0.3, 0.4) is 0 Å². The monoisotopic (exact) mass is 1030 g/mol. The number of rotatable bonds is 10. The number of hydrogen-bond donors (Lipinski definition) is 0. The Balaban J connectivity index is 0.00000525. The van der Waals surface area contributed by atoms with Crippen molar-refractivity contribution in [2.75, 3.05) is 0 Å². The minimum Gasteiger partial charge on any atom is -0.305 e. The van der Waals surface area contributed by atoms with Crippen molar-refractivity contribution in [1.29, 1.82) is 0 Å². The van der Waals surface area contributed by atoms with Gasteiger partial charge in [-0.1, -0.05) is 167 Å². The SMILES string of the molecule is [Ir+3].[c-]1cc(-c2ccccc2-c2cc(-c3ccccc3-c3c[c-]c(-c4ccccn4)cc3)cc(-c3ccccc3-c3c[c-]c(-c4cc(-c5ccccc5)ccn4)cc3)c2)ccc1-c1ccccn1. The summed E-state index contributed by atoms with van der Waals surface area (Å²) in [4.78, 5) is 13.9. The molecule has 4 heteroatoms. The second kappa shape index (κ2) is 19.5. The van der Waals surface area contributed by atoms with Crippen LogP contribution < -0.4 is 0 Å². The second-order valence-electron chi connectivity index (χ2n) is 16.1. The molecule has 0 aliphatic heterocycles. The summed E-state index contributed by atoms with van der Waals surface area (Å²) in [7, 11) is 0. The zero-order chi connectivity index (χ0) is 44.1. The molecule has 0 unspecified atom stereocenters. The Bertz CT molecular complexity index is 3280. The molecule has 0 saturated heterocycles. The molecular formula is C63H40IrN3. The topological polar surface area (TPSA) is 38.7 Å². The number of aromatic nitrogens is 3. The van der Waals surface area contributed by atoms with Gasteiger partial charge in [-0.25, -0.2) is 0 Å². The van der Waals surface area contributed by atoms with Crippen LogP contribution in [0.1, 0.15) is 0 Å². The van der Waals surface area contributed by atoms with Crippen LogP contribution in [-0.2, 0) is 20.1 Å². The molecule has 0 atom stereocenters. The van der Waals surface area contributed by atoms with E-state index in [2.05, 4.69) is 210 Å². The van der Waals surface area contributed by atoms with Gasteiger partial charge in [-0.2, -0.15) is 0 Å². The molecule has 3 aromatic heterocycles. The van der Waals surface area contributed by atoms with Crippen LogP contribution in [0.15, 0.2) is 243 Å². The summed E-state index contributed by atoms with van der Waals surface area (Å²) in [5, 5.41) is 0. The average Bonchev–Trinajstić information content (AvgIpc) is 3.42. The van der Waals surface area contributed by atoms with Crippen LogP contribution in [0.5, 0.6) is 0 Å². The summed E-state index contributed by atoms with van der Waals surface area (Å²) in [6.07, 6.45) is 5.51. The molecule has 0 radical (unpaired) electrons. The number of nitrogens with zero attached hydrogens (tertiary/aromatic N) is 3. The summed E-state index contributed by atoms with van der Waals surface area (Å²) in [6, 6.07) is 89.3. The maximum absolute atomic E-state index is 4.73. The smallest absolute Gasteiger partial charge is 0.305 e. The fraction of sp³-hybridized carbons (Fsp3) is 0. The van der Waals surface area contributed by atoms with Gasteiger partial charge in [-0.3, -0.25) is 0 Å². The molecule has 0 bridgehead atoms. The van der Waals surface area contributed by atoms with Gasteiger partial charge in [0.2, 0.25) is 0 Å². The number of hydrogen-bond acceptors (Lipinski definition) is 3. The van der Waals surface area contributed by atoms with Crippen LogP contribution in [0.2, 0.25) is 0 Å². The van der Waals surface area contributed by atoms with E-state index in [4.69, 9.17) is 4.98 Å². The van der Waals surface area contributed by atoms with Crippen molar-refractivity contribution in [3.05, 3.63) is 261 Å². The van der Waals surface area contributed by atoms with Crippen LogP contribution in [0, 0.1) is 18.2 Å². The predicted molar refractivity (Wildman–Crippen MR) is 271 cm³/mol. The zero-order valence-corrected chi connectivity index (χ0v) is 38.7. The average molecular weight is 1030 g/mol. The van der Waals surface area contributed by atoms with Gasteiger partial charge in [0, 0.05) is 18.6 Å². The van der Waals surface area contributed by atoms with Crippen molar-refractivity contribution in [1.82, 2.24) is 15.0 Å². The van der Waals surface area contributed by atoms with E-state index < -0.39 is 0 Å². The van der Waals surface area contributed by atoms with Crippen molar-refractivity contribution >= 4 is 0 Å². The second-order valence-corrected chi connectivity index (χ2v) is 16.1. The summed E-state index contributed by atoms with van der Waals surface area (Å²) in [5.41, 5.74) is 21.2. The molecule has 3 heterocycles. The van der Waals surface area contributed by atoms with Crippen LogP contribution in [-0.4, -0.2) is 15.0 Å². The first-order chi connectivity index (χ1) is 32.7. The molecule has 11 rings (SSSR count). The van der Waals surface area contributed by atoms with Crippen molar-refractivity contribution < 1.29 is 20.1 Å². The molecule has 0 aliphatic rings. The Morgan fingerprint density at radius 1 is 0.239 bits per heavy atom. The maximum atomic E-state index is 4.73. The molecule has 316 valence electrons. The maximum Gasteiger partial charge on any atom is 3.00 e. The molecule has 67 heavy (non-hydrogen) atoms. The van der Waals surface area contributed by atoms with Gasteiger partial charge in [0.25, 0.3) is 0 Å². The van der Waals surface area contributed by atoms with Crippen LogP contribution in [0.4, 0.5) is 0 Å². The van der Waals surface area contributed by atoms with E-state index in [1.165, 1.54) is 0 Å². The molecule has 11 aromatic rings. The minimum absolute atomic E-state index is 0. The summed E-state index contributed by atoms with van der Waals surface area (Å²) in [6.45, 7) is 0. The summed E-state index contributed by atoms with van der Waals surface area (Å²) < 4.78 is 0. The Morgan fingerprint density at radius 2 is 0.597 bits per heavy atom. The van der Waals surface area contributed by atoms with E-state index in [1.807, 2.05) is 61.1 Å². The molecule has 8 aromatic carbocycles. The number of pyridine rings is 3. The van der Waals surface area contributed by atoms with Gasteiger partial charge in [0.05, 0.1) is 0 Å². The predicted octanol–water partition coefficient (Wildman–Crippen LogP) is 15.9. The molecule has 3 nitrogen and oxygen atoms in total. The van der Waals surface area contributed by atoms with Crippen LogP contribution in [0.25, 0.3) is 112 Å². The molecule has 0 N–H and O–H groups in total. The van der Waals surface area contributed by atoms with E-state index in [0.29, 0.717) is 0 Å². The van der Waals surface area contributed by atoms with E-state index in [-0.39, 0.29) is 20.1 Å². The van der Waals surface area contributed by atoms with Crippen molar-refractivity contribution in [3.63, 3.8) is 0 Å². The third kappa shape index (κ3) is 9.10. The molecule has 0 saturated carbocycles. The van der Waals surface area contributed by atoms with E-state index in [1.54, 1.807) is 0 Å². The normalized spacial score (nSPS) is 10.9. The van der Waals surface area contributed by atoms with Crippen LogP contribution >= 0.6 is 0 Å². The van der Waals surface area contributed by atoms with Crippen molar-refractivity contribution in [3.8, 4) is 112 Å². The Labute approximate surface area is 405 Å². The Morgan fingerprint density at radius 3 is 0.970 bits per heavy atom. The Hall–Kier alpha value is -8.14. The quantitative estimate of drug-likeness (QED) is 0.128. The van der Waals surface area contributed by atoms with Gasteiger partial charge in [0.1, 0.15) is 0 Å². The van der Waals surface area contributed by atoms with Gasteiger partial charge >= 0.3 is 20.1 Å². The third-order valence-corrected chi connectivity index (χ3v) is 12.0. The van der Waals surface area contributed by atoms with E-state index >= 15 is 0 Å². The molecule has 0 aliphatic carbocycles. The van der Waals surface area contributed by atoms with Gasteiger partial charge in [-0.15, -0.1) is 89.5 Å². The first-order valence-corrected chi connectivity index (χ1v) is 22.1. The number of benzene rings is 8. The fourth-order valence-electron chi connectivity index (χ4n) is 8.74. The molecule has 0 spiro atoms. The first-order valence-electron chi connectivity index (χ1n) is 22.1.